The van der Waals surface area contributed by atoms with E-state index in [0.717, 1.165) is 44.9 Å². The highest BCUT2D eigenvalue weighted by molar-refractivity contribution is 7.15. The number of piperidine rings is 1. The number of likely N-dealkylation sites (tertiary alicyclic amines) is 1. The van der Waals surface area contributed by atoms with Gasteiger partial charge < -0.3 is 14.8 Å². The van der Waals surface area contributed by atoms with Gasteiger partial charge in [0, 0.05) is 37.2 Å². The van der Waals surface area contributed by atoms with E-state index in [4.69, 9.17) is 0 Å². The number of amides is 2. The molecule has 1 saturated carbocycles. The number of hydrogen-bond acceptors (Lipinski definition) is 4. The second-order valence-corrected chi connectivity index (χ2v) is 11.0. The minimum Gasteiger partial charge on any atom is -0.350 e. The van der Waals surface area contributed by atoms with Gasteiger partial charge in [0.2, 0.25) is 0 Å². The summed E-state index contributed by atoms with van der Waals surface area (Å²) in [7, 11) is 1.95. The Labute approximate surface area is 208 Å². The molecule has 7 heteroatoms. The van der Waals surface area contributed by atoms with Crippen LogP contribution < -0.4 is 5.32 Å². The van der Waals surface area contributed by atoms with Gasteiger partial charge in [-0.1, -0.05) is 48.0 Å². The SMILES string of the molecule is Cc1cccc(-c2sc(C)nc2C(=O)N2C[C@H]3C[C@H]3[C@H]2CNC(=O)c2cn(C)c3ccccc23)c1. The standard InChI is InChI=1S/C28H28N4O2S/c1-16-7-6-8-18(11-16)26-25(30-17(2)35-26)28(34)32-14-19-12-21(19)24(32)13-29-27(33)22-15-31(3)23-10-5-4-9-20(22)23/h4-11,15,19,21,24H,12-14H2,1-3H3,(H,29,33)/t19-,21-,24-/m1/s1. The van der Waals surface area contributed by atoms with Crippen LogP contribution in [0.25, 0.3) is 21.3 Å². The largest absolute Gasteiger partial charge is 0.350 e. The molecular weight excluding hydrogens is 456 g/mol. The van der Waals surface area contributed by atoms with Crippen LogP contribution in [0.4, 0.5) is 0 Å². The molecular formula is C28H28N4O2S. The molecule has 6 rings (SSSR count). The molecule has 1 aliphatic heterocycles. The van der Waals surface area contributed by atoms with Crippen LogP contribution in [-0.4, -0.2) is 45.4 Å². The fourth-order valence-corrected chi connectivity index (χ4v) is 6.48. The lowest BCUT2D eigenvalue weighted by Crippen LogP contribution is -2.45. The Morgan fingerprint density at radius 1 is 1.14 bits per heavy atom. The van der Waals surface area contributed by atoms with E-state index in [-0.39, 0.29) is 17.9 Å². The smallest absolute Gasteiger partial charge is 0.274 e. The topological polar surface area (TPSA) is 67.2 Å². The zero-order valence-corrected chi connectivity index (χ0v) is 20.9. The lowest BCUT2D eigenvalue weighted by atomic mass is 10.1. The highest BCUT2D eigenvalue weighted by Crippen LogP contribution is 2.50. The lowest BCUT2D eigenvalue weighted by molar-refractivity contribution is 0.0690. The highest BCUT2D eigenvalue weighted by atomic mass is 32.1. The van der Waals surface area contributed by atoms with Crippen molar-refractivity contribution in [1.82, 2.24) is 19.8 Å². The number of aryl methyl sites for hydroxylation is 3. The molecule has 2 amide bonds. The molecule has 2 aliphatic rings. The quantitative estimate of drug-likeness (QED) is 0.442. The summed E-state index contributed by atoms with van der Waals surface area (Å²) in [6, 6.07) is 16.1. The zero-order valence-electron chi connectivity index (χ0n) is 20.1. The fourth-order valence-electron chi connectivity index (χ4n) is 5.57. The van der Waals surface area contributed by atoms with Gasteiger partial charge in [-0.2, -0.15) is 0 Å². The molecule has 2 aromatic carbocycles. The summed E-state index contributed by atoms with van der Waals surface area (Å²) in [6.45, 7) is 5.20. The first-order valence-corrected chi connectivity index (χ1v) is 12.9. The van der Waals surface area contributed by atoms with Crippen LogP contribution in [0, 0.1) is 25.7 Å². The van der Waals surface area contributed by atoms with Crippen molar-refractivity contribution in [3.8, 4) is 10.4 Å². The van der Waals surface area contributed by atoms with Gasteiger partial charge in [0.05, 0.1) is 21.5 Å². The van der Waals surface area contributed by atoms with Gasteiger partial charge in [-0.25, -0.2) is 4.98 Å². The second-order valence-electron chi connectivity index (χ2n) is 9.85. The van der Waals surface area contributed by atoms with Crippen LogP contribution >= 0.6 is 11.3 Å². The Morgan fingerprint density at radius 3 is 2.80 bits per heavy atom. The molecule has 0 unspecified atom stereocenters. The molecule has 3 heterocycles. The van der Waals surface area contributed by atoms with Crippen molar-refractivity contribution in [2.45, 2.75) is 26.3 Å². The third-order valence-electron chi connectivity index (χ3n) is 7.39. The summed E-state index contributed by atoms with van der Waals surface area (Å²) in [5, 5.41) is 4.96. The monoisotopic (exact) mass is 484 g/mol. The van der Waals surface area contributed by atoms with Gasteiger partial charge in [0.25, 0.3) is 11.8 Å². The van der Waals surface area contributed by atoms with Crippen molar-refractivity contribution < 1.29 is 9.59 Å². The number of carbonyl (C=O) groups is 2. The van der Waals surface area contributed by atoms with Gasteiger partial charge in [-0.05, 0) is 43.7 Å². The zero-order chi connectivity index (χ0) is 24.3. The Bertz CT molecular complexity index is 1470. The first-order chi connectivity index (χ1) is 16.9. The minimum atomic E-state index is -0.0942. The van der Waals surface area contributed by atoms with Gasteiger partial charge in [0.1, 0.15) is 5.69 Å². The summed E-state index contributed by atoms with van der Waals surface area (Å²) in [5.74, 6) is 0.861. The van der Waals surface area contributed by atoms with E-state index in [1.165, 1.54) is 0 Å². The van der Waals surface area contributed by atoms with Crippen LogP contribution in [0.1, 0.15) is 37.8 Å². The number of para-hydroxylation sites is 1. The molecule has 1 N–H and O–H groups in total. The van der Waals surface area contributed by atoms with E-state index >= 15 is 0 Å². The second kappa shape index (κ2) is 8.34. The summed E-state index contributed by atoms with van der Waals surface area (Å²) < 4.78 is 1.98. The minimum absolute atomic E-state index is 0.00112. The van der Waals surface area contributed by atoms with E-state index < -0.39 is 0 Å². The Morgan fingerprint density at radius 2 is 1.97 bits per heavy atom. The predicted molar refractivity (Wildman–Crippen MR) is 139 cm³/mol. The average Bonchev–Trinajstić information content (AvgIpc) is 3.18. The van der Waals surface area contributed by atoms with Crippen LogP contribution in [0.2, 0.25) is 0 Å². The maximum absolute atomic E-state index is 13.8. The van der Waals surface area contributed by atoms with Gasteiger partial charge in [0.15, 0.2) is 0 Å². The van der Waals surface area contributed by atoms with Gasteiger partial charge in [-0.3, -0.25) is 9.59 Å². The summed E-state index contributed by atoms with van der Waals surface area (Å²) in [4.78, 5) is 34.4. The third kappa shape index (κ3) is 3.84. The van der Waals surface area contributed by atoms with Crippen molar-refractivity contribution >= 4 is 34.1 Å². The number of carbonyl (C=O) groups excluding carboxylic acids is 2. The fraction of sp³-hybridized carbons (Fsp3) is 0.321. The molecule has 2 aromatic heterocycles. The Hall–Kier alpha value is -3.45. The molecule has 0 radical (unpaired) electrons. The van der Waals surface area contributed by atoms with Crippen LogP contribution in [0.3, 0.4) is 0 Å². The van der Waals surface area contributed by atoms with Crippen LogP contribution in [0.15, 0.2) is 54.7 Å². The molecule has 4 aromatic rings. The number of nitrogens with one attached hydrogen (secondary N) is 1. The molecule has 1 saturated heterocycles. The lowest BCUT2D eigenvalue weighted by Gasteiger charge is -2.27. The number of benzene rings is 2. The first-order valence-electron chi connectivity index (χ1n) is 12.1. The summed E-state index contributed by atoms with van der Waals surface area (Å²) in [6.07, 6.45) is 3.00. The van der Waals surface area contributed by atoms with E-state index in [1.807, 2.05) is 66.0 Å². The number of rotatable bonds is 5. The van der Waals surface area contributed by atoms with Gasteiger partial charge in [-0.15, -0.1) is 11.3 Å². The van der Waals surface area contributed by atoms with Crippen molar-refractivity contribution in [2.75, 3.05) is 13.1 Å². The average molecular weight is 485 g/mol. The molecule has 35 heavy (non-hydrogen) atoms. The van der Waals surface area contributed by atoms with Crippen LogP contribution in [-0.2, 0) is 7.05 Å². The van der Waals surface area contributed by atoms with Crippen molar-refractivity contribution in [3.05, 3.63) is 76.6 Å². The third-order valence-corrected chi connectivity index (χ3v) is 8.41. The molecule has 178 valence electrons. The molecule has 6 nitrogen and oxygen atoms in total. The van der Waals surface area contributed by atoms with E-state index in [1.54, 1.807) is 11.3 Å². The number of fused-ring (bicyclic) bond motifs is 2. The van der Waals surface area contributed by atoms with Crippen molar-refractivity contribution in [1.29, 1.82) is 0 Å². The maximum atomic E-state index is 13.8. The van der Waals surface area contributed by atoms with E-state index in [0.29, 0.717) is 29.6 Å². The van der Waals surface area contributed by atoms with Gasteiger partial charge >= 0.3 is 0 Å². The maximum Gasteiger partial charge on any atom is 0.274 e. The molecule has 1 aliphatic carbocycles. The Kier molecular flexibility index (Phi) is 5.25. The highest BCUT2D eigenvalue weighted by Gasteiger charge is 2.54. The summed E-state index contributed by atoms with van der Waals surface area (Å²) in [5.41, 5.74) is 4.42. The number of nitrogens with zero attached hydrogens (tertiary/aromatic N) is 3. The van der Waals surface area contributed by atoms with E-state index in [2.05, 4.69) is 29.4 Å². The van der Waals surface area contributed by atoms with Crippen LogP contribution in [0.5, 0.6) is 0 Å². The normalized spacial score (nSPS) is 20.8. The Balaban J connectivity index is 1.23. The first kappa shape index (κ1) is 22.0. The molecule has 0 bridgehead atoms. The number of aromatic nitrogens is 2. The number of thiazole rings is 1. The number of hydrogen-bond donors (Lipinski definition) is 1. The van der Waals surface area contributed by atoms with Crippen molar-refractivity contribution in [2.24, 2.45) is 18.9 Å². The summed E-state index contributed by atoms with van der Waals surface area (Å²) >= 11 is 1.56. The van der Waals surface area contributed by atoms with E-state index in [9.17, 15) is 9.59 Å². The van der Waals surface area contributed by atoms with Crippen molar-refractivity contribution in [3.63, 3.8) is 0 Å². The molecule has 2 fully saturated rings. The predicted octanol–water partition coefficient (Wildman–Crippen LogP) is 4.81. The molecule has 0 spiro atoms. The molecule has 3 atom stereocenters.